The molecule has 0 atom stereocenters. The van der Waals surface area contributed by atoms with Gasteiger partial charge < -0.3 is 9.52 Å². The number of nitrogens with zero attached hydrogens (tertiary/aromatic N) is 2. The number of allylic oxidation sites excluding steroid dienone is 2. The quantitative estimate of drug-likeness (QED) is 0.0652. The molecule has 0 amide bonds. The number of aliphatic hydroxyl groups is 1. The Bertz CT molecular complexity index is 1940. The maximum Gasteiger partial charge on any atom is 0.164 e. The number of ketones is 1. The molecule has 2 aromatic carbocycles. The summed E-state index contributed by atoms with van der Waals surface area (Å²) in [6.45, 7) is 24.6. The SMILES string of the molecule is C=CSc1c[c-]c(-c2ncnc3sc4ccc5cc(C)oc5c4c23)cc1C(C)(C)C.CCC(C)(CC)C(=O)/C=C(\O)C(C)(CC)CC.[Ir]. The molecule has 0 saturated heterocycles. The van der Waals surface area contributed by atoms with Gasteiger partial charge in [-0.3, -0.25) is 9.78 Å². The van der Waals surface area contributed by atoms with Gasteiger partial charge in [0.1, 0.15) is 28.3 Å². The maximum absolute atomic E-state index is 12.2. The van der Waals surface area contributed by atoms with Gasteiger partial charge in [0.2, 0.25) is 0 Å². The number of thiophene rings is 1. The summed E-state index contributed by atoms with van der Waals surface area (Å²) in [4.78, 5) is 23.6. The van der Waals surface area contributed by atoms with Gasteiger partial charge in [-0.1, -0.05) is 73.8 Å². The molecule has 8 heteroatoms. The molecule has 3 heterocycles. The van der Waals surface area contributed by atoms with E-state index in [1.54, 1.807) is 29.4 Å². The van der Waals surface area contributed by atoms with E-state index < -0.39 is 0 Å². The van der Waals surface area contributed by atoms with Crippen LogP contribution in [0, 0.1) is 23.8 Å². The van der Waals surface area contributed by atoms with Crippen LogP contribution in [0.1, 0.15) is 99.3 Å². The smallest absolute Gasteiger partial charge is 0.164 e. The molecule has 48 heavy (non-hydrogen) atoms. The molecule has 0 fully saturated rings. The molecule has 5 nitrogen and oxygen atoms in total. The molecule has 0 unspecified atom stereocenters. The van der Waals surface area contributed by atoms with Crippen molar-refractivity contribution in [2.24, 2.45) is 10.8 Å². The Balaban J connectivity index is 0.000000301. The van der Waals surface area contributed by atoms with Gasteiger partial charge in [-0.2, -0.15) is 11.8 Å². The molecule has 0 aliphatic carbocycles. The van der Waals surface area contributed by atoms with Crippen molar-refractivity contribution in [1.29, 1.82) is 0 Å². The summed E-state index contributed by atoms with van der Waals surface area (Å²) in [6, 6.07) is 14.1. The van der Waals surface area contributed by atoms with Crippen molar-refractivity contribution in [2.45, 2.75) is 105 Å². The fourth-order valence-corrected chi connectivity index (χ4v) is 7.43. The van der Waals surface area contributed by atoms with Crippen molar-refractivity contribution in [3.63, 3.8) is 0 Å². The summed E-state index contributed by atoms with van der Waals surface area (Å²) >= 11 is 3.31. The average Bonchev–Trinajstić information content (AvgIpc) is 3.63. The van der Waals surface area contributed by atoms with E-state index in [1.807, 2.05) is 53.9 Å². The zero-order chi connectivity index (χ0) is 34.7. The van der Waals surface area contributed by atoms with Gasteiger partial charge in [-0.05, 0) is 61.6 Å². The number of thioether (sulfide) groups is 1. The number of aryl methyl sites for hydroxylation is 1. The first-order valence-corrected chi connectivity index (χ1v) is 18.2. The Morgan fingerprint density at radius 2 is 1.65 bits per heavy atom. The Kier molecular flexibility index (Phi) is 13.1. The Hall–Kier alpha value is -2.77. The van der Waals surface area contributed by atoms with E-state index in [9.17, 15) is 9.90 Å². The first-order chi connectivity index (χ1) is 22.2. The molecule has 1 N–H and O–H groups in total. The molecule has 1 radical (unpaired) electrons. The third kappa shape index (κ3) is 7.99. The number of furan rings is 1. The van der Waals surface area contributed by atoms with E-state index in [-0.39, 0.29) is 47.9 Å². The van der Waals surface area contributed by atoms with Crippen LogP contribution in [-0.2, 0) is 30.3 Å². The third-order valence-electron chi connectivity index (χ3n) is 9.83. The zero-order valence-corrected chi connectivity index (χ0v) is 34.0. The van der Waals surface area contributed by atoms with Crippen molar-refractivity contribution in [3.8, 4) is 11.3 Å². The van der Waals surface area contributed by atoms with Gasteiger partial charge in [0.15, 0.2) is 5.78 Å². The largest absolute Gasteiger partial charge is 0.512 e. The number of aromatic nitrogens is 2. The Labute approximate surface area is 308 Å². The van der Waals surface area contributed by atoms with E-state index in [0.29, 0.717) is 0 Å². The number of rotatable bonds is 10. The van der Waals surface area contributed by atoms with Crippen LogP contribution >= 0.6 is 23.1 Å². The van der Waals surface area contributed by atoms with Crippen LogP contribution in [-0.4, -0.2) is 20.9 Å². The van der Waals surface area contributed by atoms with Gasteiger partial charge in [0.05, 0.1) is 0 Å². The summed E-state index contributed by atoms with van der Waals surface area (Å²) in [5.41, 5.74) is 3.42. The number of benzene rings is 2. The van der Waals surface area contributed by atoms with Crippen molar-refractivity contribution in [2.75, 3.05) is 0 Å². The van der Waals surface area contributed by atoms with Crippen LogP contribution in [0.2, 0.25) is 0 Å². The molecule has 0 saturated carbocycles. The Morgan fingerprint density at radius 3 is 2.23 bits per heavy atom. The summed E-state index contributed by atoms with van der Waals surface area (Å²) in [5.74, 6) is 1.19. The third-order valence-corrected chi connectivity index (χ3v) is 11.7. The molecule has 259 valence electrons. The van der Waals surface area contributed by atoms with Crippen LogP contribution in [0.3, 0.4) is 0 Å². The maximum atomic E-state index is 12.2. The van der Waals surface area contributed by atoms with Gasteiger partial charge in [0, 0.05) is 63.6 Å². The summed E-state index contributed by atoms with van der Waals surface area (Å²) in [6.07, 6.45) is 6.40. The molecular formula is C40H49IrN2O3S2-. The van der Waals surface area contributed by atoms with E-state index in [4.69, 9.17) is 9.40 Å². The van der Waals surface area contributed by atoms with Crippen molar-refractivity contribution in [1.82, 2.24) is 9.97 Å². The number of hydrogen-bond acceptors (Lipinski definition) is 7. The van der Waals surface area contributed by atoms with Crippen LogP contribution in [0.25, 0.3) is 42.5 Å². The number of fused-ring (bicyclic) bond motifs is 5. The zero-order valence-electron chi connectivity index (χ0n) is 30.0. The number of carbonyl (C=O) groups is 1. The molecule has 5 rings (SSSR count). The van der Waals surface area contributed by atoms with E-state index in [1.165, 1.54) is 16.5 Å². The molecule has 0 bridgehead atoms. The summed E-state index contributed by atoms with van der Waals surface area (Å²) in [5, 5.41) is 15.2. The molecule has 0 aliphatic heterocycles. The van der Waals surface area contributed by atoms with Gasteiger partial charge in [-0.15, -0.1) is 40.7 Å². The van der Waals surface area contributed by atoms with Crippen LogP contribution in [0.5, 0.6) is 0 Å². The predicted molar refractivity (Wildman–Crippen MR) is 202 cm³/mol. The van der Waals surface area contributed by atoms with Crippen LogP contribution in [0.15, 0.2) is 69.8 Å². The number of hydrogen-bond donors (Lipinski definition) is 1. The minimum Gasteiger partial charge on any atom is -0.512 e. The van der Waals surface area contributed by atoms with Crippen LogP contribution in [0.4, 0.5) is 0 Å². The fraction of sp³-hybridized carbons (Fsp3) is 0.425. The first kappa shape index (κ1) is 39.7. The minimum absolute atomic E-state index is 0. The van der Waals surface area contributed by atoms with E-state index in [0.717, 1.165) is 74.0 Å². The molecular weight excluding hydrogens is 813 g/mol. The van der Waals surface area contributed by atoms with E-state index in [2.05, 4.69) is 68.7 Å². The van der Waals surface area contributed by atoms with Gasteiger partial charge in [-0.25, -0.2) is 4.98 Å². The second kappa shape index (κ2) is 15.8. The van der Waals surface area contributed by atoms with Gasteiger partial charge in [0.25, 0.3) is 0 Å². The van der Waals surface area contributed by atoms with Crippen molar-refractivity contribution >= 4 is 60.2 Å². The molecule has 0 spiro atoms. The Morgan fingerprint density at radius 1 is 1.00 bits per heavy atom. The summed E-state index contributed by atoms with van der Waals surface area (Å²) in [7, 11) is 0. The minimum atomic E-state index is -0.337. The molecule has 0 aliphatic rings. The van der Waals surface area contributed by atoms with Gasteiger partial charge >= 0.3 is 0 Å². The summed E-state index contributed by atoms with van der Waals surface area (Å²) < 4.78 is 7.25. The second-order valence-electron chi connectivity index (χ2n) is 13.8. The normalized spacial score (nSPS) is 12.6. The predicted octanol–water partition coefficient (Wildman–Crippen LogP) is 12.5. The monoisotopic (exact) mass is 862 g/mol. The topological polar surface area (TPSA) is 76.2 Å². The number of aliphatic hydroxyl groups excluding tert-OH is 1. The molecule has 5 aromatic rings. The second-order valence-corrected chi connectivity index (χ2v) is 15.8. The first-order valence-electron chi connectivity index (χ1n) is 16.5. The van der Waals surface area contributed by atoms with Crippen molar-refractivity contribution < 1.29 is 34.4 Å². The fourth-order valence-electron chi connectivity index (χ4n) is 5.59. The average molecular weight is 862 g/mol. The van der Waals surface area contributed by atoms with E-state index >= 15 is 0 Å². The van der Waals surface area contributed by atoms with Crippen molar-refractivity contribution in [3.05, 3.63) is 77.9 Å². The number of carbonyl (C=O) groups excluding carboxylic acids is 1. The standard InChI is InChI=1S/C25H21N2OS2.C15H28O2.Ir/c1-6-29-18-9-7-15(12-17(18)25(3,4)5)22-21-20-19(30-24(21)27-13-26-22)10-8-16-11-14(2)28-23(16)20;1-7-14(5,8-2)12(16)11-13(17)15(6,9-3)10-4;/h6,8-13H,1H2,2-5H3;11,16H,7-10H2,1-6H3;/q-1;;/b;12-11-;. The van der Waals surface area contributed by atoms with Crippen LogP contribution < -0.4 is 0 Å². The molecule has 3 aromatic heterocycles.